The zero-order chi connectivity index (χ0) is 8.31. The molecular formula is C4H6O4S2Ti. The molecule has 0 amide bonds. The van der Waals surface area contributed by atoms with Gasteiger partial charge in [-0.15, -0.1) is 0 Å². The monoisotopic (exact) mass is 230 g/mol. The number of rotatable bonds is 3. The van der Waals surface area contributed by atoms with Crippen molar-refractivity contribution in [3.8, 4) is 0 Å². The van der Waals surface area contributed by atoms with Gasteiger partial charge in [0.1, 0.15) is 10.5 Å². The summed E-state index contributed by atoms with van der Waals surface area (Å²) in [6.45, 7) is 0. The molecule has 2 unspecified atom stereocenters. The molecule has 0 saturated carbocycles. The Labute approximate surface area is 89.1 Å². The minimum atomic E-state index is -1.29. The number of carbonyl (C=O) groups is 2. The van der Waals surface area contributed by atoms with Crippen LogP contribution < -0.4 is 0 Å². The zero-order valence-electron chi connectivity index (χ0n) is 5.26. The van der Waals surface area contributed by atoms with Crippen molar-refractivity contribution in [2.45, 2.75) is 10.5 Å². The Kier molecular flexibility index (Phi) is 7.51. The average Bonchev–Trinajstić information content (AvgIpc) is 1.84. The summed E-state index contributed by atoms with van der Waals surface area (Å²) in [6, 6.07) is 0. The van der Waals surface area contributed by atoms with E-state index in [1.807, 2.05) is 0 Å². The van der Waals surface area contributed by atoms with Gasteiger partial charge in [-0.2, -0.15) is 25.3 Å². The maximum Gasteiger partial charge on any atom is 0.318 e. The van der Waals surface area contributed by atoms with E-state index >= 15 is 0 Å². The number of hydrogen-bond acceptors (Lipinski definition) is 4. The van der Waals surface area contributed by atoms with Gasteiger partial charge in [-0.3, -0.25) is 9.59 Å². The number of carboxylic acid groups (broad SMARTS) is 2. The first-order valence-electron chi connectivity index (χ1n) is 2.28. The predicted molar refractivity (Wildman–Crippen MR) is 40.8 cm³/mol. The van der Waals surface area contributed by atoms with Crippen molar-refractivity contribution in [3.63, 3.8) is 0 Å². The molecule has 4 nitrogen and oxygen atoms in total. The second-order valence-corrected chi connectivity index (χ2v) is 2.68. The van der Waals surface area contributed by atoms with E-state index in [0.29, 0.717) is 0 Å². The Morgan fingerprint density at radius 1 is 1.00 bits per heavy atom. The SMILES string of the molecule is O=C(O)C(S)C(S)C(=O)O.[Ti]. The molecular weight excluding hydrogens is 224 g/mol. The molecule has 0 rings (SSSR count). The molecule has 0 radical (unpaired) electrons. The van der Waals surface area contributed by atoms with E-state index in [9.17, 15) is 9.59 Å². The minimum Gasteiger partial charge on any atom is -0.480 e. The topological polar surface area (TPSA) is 74.6 Å². The molecule has 0 saturated heterocycles. The maximum atomic E-state index is 10.1. The largest absolute Gasteiger partial charge is 0.480 e. The first-order chi connectivity index (χ1) is 4.46. The van der Waals surface area contributed by atoms with Crippen LogP contribution in [0.5, 0.6) is 0 Å². The van der Waals surface area contributed by atoms with Crippen molar-refractivity contribution in [3.05, 3.63) is 0 Å². The summed E-state index contributed by atoms with van der Waals surface area (Å²) >= 11 is 7.00. The van der Waals surface area contributed by atoms with Crippen LogP contribution in [0.2, 0.25) is 0 Å². The van der Waals surface area contributed by atoms with Crippen LogP contribution in [0.4, 0.5) is 0 Å². The third-order valence-corrected chi connectivity index (χ3v) is 2.08. The Balaban J connectivity index is 0. The first-order valence-corrected chi connectivity index (χ1v) is 3.32. The molecule has 0 bridgehead atoms. The summed E-state index contributed by atoms with van der Waals surface area (Å²) in [7, 11) is 0. The van der Waals surface area contributed by atoms with E-state index in [4.69, 9.17) is 10.2 Å². The van der Waals surface area contributed by atoms with Gasteiger partial charge in [0.05, 0.1) is 0 Å². The molecule has 0 fully saturated rings. The summed E-state index contributed by atoms with van der Waals surface area (Å²) in [6.07, 6.45) is 0. The number of hydrogen-bond donors (Lipinski definition) is 4. The van der Waals surface area contributed by atoms with E-state index in [0.717, 1.165) is 0 Å². The molecule has 0 aromatic rings. The Morgan fingerprint density at radius 3 is 1.27 bits per heavy atom. The van der Waals surface area contributed by atoms with Gasteiger partial charge in [0.2, 0.25) is 0 Å². The van der Waals surface area contributed by atoms with Gasteiger partial charge >= 0.3 is 11.9 Å². The molecule has 0 aliphatic rings. The second-order valence-electron chi connectivity index (χ2n) is 1.57. The van der Waals surface area contributed by atoms with Crippen molar-refractivity contribution >= 4 is 37.2 Å². The van der Waals surface area contributed by atoms with E-state index < -0.39 is 22.4 Å². The minimum absolute atomic E-state index is 0. The molecule has 11 heavy (non-hydrogen) atoms. The average molecular weight is 230 g/mol. The number of aliphatic carboxylic acids is 2. The summed E-state index contributed by atoms with van der Waals surface area (Å²) in [5.74, 6) is -2.57. The Hall–Kier alpha value is 0.354. The van der Waals surface area contributed by atoms with E-state index in [1.165, 1.54) is 0 Å². The van der Waals surface area contributed by atoms with Gasteiger partial charge in [0.25, 0.3) is 0 Å². The molecule has 2 N–H and O–H groups in total. The van der Waals surface area contributed by atoms with E-state index in [-0.39, 0.29) is 21.7 Å². The van der Waals surface area contributed by atoms with Gasteiger partial charge in [0, 0.05) is 21.7 Å². The molecule has 0 aliphatic carbocycles. The van der Waals surface area contributed by atoms with Crippen LogP contribution in [0.25, 0.3) is 0 Å². The molecule has 0 aliphatic heterocycles. The van der Waals surface area contributed by atoms with Crippen molar-refractivity contribution in [2.75, 3.05) is 0 Å². The molecule has 0 heterocycles. The quantitative estimate of drug-likeness (QED) is 0.398. The Bertz CT molecular complexity index is 144. The summed E-state index contributed by atoms with van der Waals surface area (Å²) in [4.78, 5) is 20.1. The van der Waals surface area contributed by atoms with Crippen LogP contribution in [0, 0.1) is 0 Å². The van der Waals surface area contributed by atoms with Crippen LogP contribution in [0.3, 0.4) is 0 Å². The van der Waals surface area contributed by atoms with Gasteiger partial charge < -0.3 is 10.2 Å². The number of thiol groups is 2. The van der Waals surface area contributed by atoms with Crippen molar-refractivity contribution in [1.82, 2.24) is 0 Å². The fraction of sp³-hybridized carbons (Fsp3) is 0.500. The van der Waals surface area contributed by atoms with E-state index in [2.05, 4.69) is 25.3 Å². The van der Waals surface area contributed by atoms with Gasteiger partial charge in [-0.05, 0) is 0 Å². The van der Waals surface area contributed by atoms with Gasteiger partial charge in [0.15, 0.2) is 0 Å². The normalized spacial score (nSPS) is 14.4. The number of carboxylic acids is 2. The molecule has 62 valence electrons. The zero-order valence-corrected chi connectivity index (χ0v) is 8.61. The molecule has 7 heteroatoms. The van der Waals surface area contributed by atoms with E-state index in [1.54, 1.807) is 0 Å². The van der Waals surface area contributed by atoms with Gasteiger partial charge in [-0.1, -0.05) is 0 Å². The molecule has 0 spiro atoms. The standard InChI is InChI=1S/C4H6O4S2.Ti/c5-3(6)1(9)2(10)4(7)8;/h1-2,9-10H,(H,5,6)(H,7,8);. The second kappa shape index (κ2) is 5.94. The van der Waals surface area contributed by atoms with Crippen molar-refractivity contribution in [1.29, 1.82) is 0 Å². The van der Waals surface area contributed by atoms with Crippen LogP contribution in [0.1, 0.15) is 0 Å². The van der Waals surface area contributed by atoms with Gasteiger partial charge in [-0.25, -0.2) is 0 Å². The predicted octanol–water partition coefficient (Wildman–Crippen LogP) is -0.250. The third-order valence-electron chi connectivity index (χ3n) is 0.805. The van der Waals surface area contributed by atoms with Crippen LogP contribution >= 0.6 is 25.3 Å². The third kappa shape index (κ3) is 4.73. The first kappa shape index (κ1) is 13.9. The summed E-state index contributed by atoms with van der Waals surface area (Å²) in [5, 5.41) is 13.9. The summed E-state index contributed by atoms with van der Waals surface area (Å²) < 4.78 is 0. The van der Waals surface area contributed by atoms with Crippen LogP contribution in [-0.4, -0.2) is 32.7 Å². The van der Waals surface area contributed by atoms with Crippen molar-refractivity contribution < 1.29 is 41.5 Å². The van der Waals surface area contributed by atoms with Crippen LogP contribution in [0.15, 0.2) is 0 Å². The van der Waals surface area contributed by atoms with Crippen LogP contribution in [-0.2, 0) is 31.3 Å². The molecule has 2 atom stereocenters. The Morgan fingerprint density at radius 2 is 1.18 bits per heavy atom. The molecule has 0 aromatic heterocycles. The smallest absolute Gasteiger partial charge is 0.318 e. The molecule has 0 aromatic carbocycles. The maximum absolute atomic E-state index is 10.1. The fourth-order valence-electron chi connectivity index (χ4n) is 0.270. The fourth-order valence-corrected chi connectivity index (χ4v) is 0.525. The summed E-state index contributed by atoms with van der Waals surface area (Å²) in [5.41, 5.74) is 0. The van der Waals surface area contributed by atoms with Crippen molar-refractivity contribution in [2.24, 2.45) is 0 Å².